The normalized spacial score (nSPS) is 23.7. The molecule has 2 atom stereocenters. The van der Waals surface area contributed by atoms with Crippen LogP contribution < -0.4 is 20.7 Å². The van der Waals surface area contributed by atoms with Crippen LogP contribution in [-0.4, -0.2) is 29.9 Å². The average molecular weight is 289 g/mol. The Morgan fingerprint density at radius 1 is 1.38 bits per heavy atom. The lowest BCUT2D eigenvalue weighted by Crippen LogP contribution is -2.37. The maximum Gasteiger partial charge on any atom is 0.265 e. The number of nitrogens with one attached hydrogen (secondary N) is 3. The van der Waals surface area contributed by atoms with Gasteiger partial charge in [-0.25, -0.2) is 0 Å². The van der Waals surface area contributed by atoms with Gasteiger partial charge in [-0.15, -0.1) is 0 Å². The molecule has 0 radical (unpaired) electrons. The van der Waals surface area contributed by atoms with Crippen LogP contribution >= 0.6 is 0 Å². The van der Waals surface area contributed by atoms with Crippen molar-refractivity contribution in [2.24, 2.45) is 0 Å². The zero-order valence-electron chi connectivity index (χ0n) is 11.4. The highest BCUT2D eigenvalue weighted by Gasteiger charge is 2.28. The predicted molar refractivity (Wildman–Crippen MR) is 75.0 cm³/mol. The van der Waals surface area contributed by atoms with Gasteiger partial charge in [0.2, 0.25) is 11.8 Å². The first-order valence-corrected chi connectivity index (χ1v) is 6.75. The Labute approximate surface area is 121 Å². The summed E-state index contributed by atoms with van der Waals surface area (Å²) >= 11 is 0. The Balaban J connectivity index is 1.72. The third-order valence-corrected chi connectivity index (χ3v) is 3.49. The minimum Gasteiger partial charge on any atom is -0.479 e. The van der Waals surface area contributed by atoms with Crippen molar-refractivity contribution in [2.45, 2.75) is 31.9 Å². The summed E-state index contributed by atoms with van der Waals surface area (Å²) in [7, 11) is 0. The minimum atomic E-state index is -0.536. The molecule has 110 valence electrons. The number of amides is 3. The van der Waals surface area contributed by atoms with Gasteiger partial charge in [0.1, 0.15) is 11.8 Å². The van der Waals surface area contributed by atoms with Crippen molar-refractivity contribution in [2.75, 3.05) is 10.6 Å². The van der Waals surface area contributed by atoms with Crippen LogP contribution in [0.15, 0.2) is 18.2 Å². The van der Waals surface area contributed by atoms with Crippen molar-refractivity contribution >= 4 is 29.1 Å². The van der Waals surface area contributed by atoms with E-state index < -0.39 is 12.1 Å². The third-order valence-electron chi connectivity index (χ3n) is 3.49. The van der Waals surface area contributed by atoms with Gasteiger partial charge in [0, 0.05) is 12.1 Å². The van der Waals surface area contributed by atoms with Crippen LogP contribution in [0.3, 0.4) is 0 Å². The van der Waals surface area contributed by atoms with E-state index in [2.05, 4.69) is 16.0 Å². The van der Waals surface area contributed by atoms with E-state index >= 15 is 0 Å². The first kappa shape index (κ1) is 13.4. The molecule has 1 aromatic rings. The molecule has 1 saturated heterocycles. The molecule has 0 spiro atoms. The van der Waals surface area contributed by atoms with E-state index in [1.54, 1.807) is 25.1 Å². The summed E-state index contributed by atoms with van der Waals surface area (Å²) in [5.74, 6) is -0.0456. The zero-order chi connectivity index (χ0) is 15.0. The lowest BCUT2D eigenvalue weighted by Gasteiger charge is -2.23. The van der Waals surface area contributed by atoms with Crippen LogP contribution in [-0.2, 0) is 14.4 Å². The zero-order valence-corrected chi connectivity index (χ0v) is 11.4. The second-order valence-electron chi connectivity index (χ2n) is 5.11. The number of anilines is 2. The van der Waals surface area contributed by atoms with Crippen molar-refractivity contribution < 1.29 is 19.1 Å². The Hall–Kier alpha value is -2.57. The van der Waals surface area contributed by atoms with E-state index in [1.807, 2.05) is 0 Å². The molecule has 0 saturated carbocycles. The van der Waals surface area contributed by atoms with Crippen LogP contribution in [0.1, 0.15) is 19.8 Å². The van der Waals surface area contributed by atoms with E-state index in [1.165, 1.54) is 0 Å². The van der Waals surface area contributed by atoms with Crippen LogP contribution in [0.25, 0.3) is 0 Å². The first-order valence-electron chi connectivity index (χ1n) is 6.75. The maximum absolute atomic E-state index is 12.0. The molecule has 2 heterocycles. The molecular weight excluding hydrogens is 274 g/mol. The molecule has 3 amide bonds. The number of hydrogen-bond acceptors (Lipinski definition) is 4. The number of carbonyl (C=O) groups is 3. The largest absolute Gasteiger partial charge is 0.479 e. The highest BCUT2D eigenvalue weighted by Crippen LogP contribution is 2.32. The van der Waals surface area contributed by atoms with E-state index in [0.29, 0.717) is 30.0 Å². The molecule has 2 aliphatic rings. The van der Waals surface area contributed by atoms with Crippen molar-refractivity contribution in [1.29, 1.82) is 0 Å². The number of rotatable bonds is 2. The smallest absolute Gasteiger partial charge is 0.265 e. The molecule has 2 aliphatic heterocycles. The summed E-state index contributed by atoms with van der Waals surface area (Å²) < 4.78 is 5.44. The van der Waals surface area contributed by atoms with Gasteiger partial charge in [-0.05, 0) is 31.5 Å². The quantitative estimate of drug-likeness (QED) is 0.743. The van der Waals surface area contributed by atoms with Crippen molar-refractivity contribution in [3.63, 3.8) is 0 Å². The van der Waals surface area contributed by atoms with Gasteiger partial charge in [-0.3, -0.25) is 14.4 Å². The molecule has 1 aromatic carbocycles. The highest BCUT2D eigenvalue weighted by molar-refractivity contribution is 6.01. The maximum atomic E-state index is 12.0. The predicted octanol–water partition coefficient (Wildman–Crippen LogP) is 0.623. The molecule has 0 aromatic heterocycles. The topological polar surface area (TPSA) is 96.5 Å². The van der Waals surface area contributed by atoms with Gasteiger partial charge in [0.15, 0.2) is 6.10 Å². The molecule has 3 rings (SSSR count). The first-order chi connectivity index (χ1) is 10.0. The van der Waals surface area contributed by atoms with E-state index in [0.717, 1.165) is 0 Å². The fourth-order valence-corrected chi connectivity index (χ4v) is 2.33. The molecule has 0 bridgehead atoms. The number of hydrogen-bond donors (Lipinski definition) is 3. The molecule has 7 heteroatoms. The minimum absolute atomic E-state index is 0.116. The summed E-state index contributed by atoms with van der Waals surface area (Å²) in [6.07, 6.45) is 0.323. The fraction of sp³-hybridized carbons (Fsp3) is 0.357. The second kappa shape index (κ2) is 5.08. The van der Waals surface area contributed by atoms with E-state index in [-0.39, 0.29) is 17.7 Å². The summed E-state index contributed by atoms with van der Waals surface area (Å²) in [5, 5.41) is 8.04. The molecule has 0 aliphatic carbocycles. The summed E-state index contributed by atoms with van der Waals surface area (Å²) in [5.41, 5.74) is 1.06. The average Bonchev–Trinajstić information content (AvgIpc) is 2.87. The van der Waals surface area contributed by atoms with Gasteiger partial charge in [0.25, 0.3) is 5.91 Å². The van der Waals surface area contributed by atoms with E-state index in [4.69, 9.17) is 4.74 Å². The van der Waals surface area contributed by atoms with Gasteiger partial charge < -0.3 is 20.7 Å². The number of ether oxygens (including phenoxy) is 1. The van der Waals surface area contributed by atoms with Crippen LogP contribution in [0.2, 0.25) is 0 Å². The van der Waals surface area contributed by atoms with Crippen molar-refractivity contribution in [1.82, 2.24) is 5.32 Å². The van der Waals surface area contributed by atoms with Crippen LogP contribution in [0.4, 0.5) is 11.4 Å². The van der Waals surface area contributed by atoms with Crippen molar-refractivity contribution in [3.8, 4) is 5.75 Å². The van der Waals surface area contributed by atoms with E-state index in [9.17, 15) is 14.4 Å². The monoisotopic (exact) mass is 289 g/mol. The Kier molecular flexibility index (Phi) is 3.25. The van der Waals surface area contributed by atoms with Crippen molar-refractivity contribution in [3.05, 3.63) is 18.2 Å². The van der Waals surface area contributed by atoms with Crippen LogP contribution in [0, 0.1) is 0 Å². The number of benzene rings is 1. The van der Waals surface area contributed by atoms with Crippen LogP contribution in [0.5, 0.6) is 5.75 Å². The summed E-state index contributed by atoms with van der Waals surface area (Å²) in [6.45, 7) is 1.66. The highest BCUT2D eigenvalue weighted by atomic mass is 16.5. The Morgan fingerprint density at radius 3 is 2.90 bits per heavy atom. The molecule has 7 nitrogen and oxygen atoms in total. The second-order valence-corrected chi connectivity index (χ2v) is 5.11. The molecule has 0 unspecified atom stereocenters. The third kappa shape index (κ3) is 2.67. The molecule has 21 heavy (non-hydrogen) atoms. The van der Waals surface area contributed by atoms with Gasteiger partial charge in [-0.2, -0.15) is 0 Å². The standard InChI is InChI=1S/C14H15N3O4/c1-7-13(19)17-10-6-8(2-4-11(10)21-7)15-14(20)9-3-5-12(18)16-9/h2,4,6-7,9H,3,5H2,1H3,(H,15,20)(H,16,18)(H,17,19)/t7-,9-/m0/s1. The number of carbonyl (C=O) groups excluding carboxylic acids is 3. The lowest BCUT2D eigenvalue weighted by atomic mass is 10.2. The Bertz CT molecular complexity index is 629. The molecule has 3 N–H and O–H groups in total. The van der Waals surface area contributed by atoms with Gasteiger partial charge in [-0.1, -0.05) is 0 Å². The molecular formula is C14H15N3O4. The number of fused-ring (bicyclic) bond motifs is 1. The summed E-state index contributed by atoms with van der Waals surface area (Å²) in [6, 6.07) is 4.51. The fourth-order valence-electron chi connectivity index (χ4n) is 2.33. The molecule has 1 fully saturated rings. The Morgan fingerprint density at radius 2 is 2.19 bits per heavy atom. The summed E-state index contributed by atoms with van der Waals surface area (Å²) in [4.78, 5) is 34.7. The SMILES string of the molecule is C[C@@H]1Oc2ccc(NC(=O)[C@@H]3CCC(=O)N3)cc2NC1=O. The van der Waals surface area contributed by atoms with Gasteiger partial charge >= 0.3 is 0 Å². The van der Waals surface area contributed by atoms with Gasteiger partial charge in [0.05, 0.1) is 5.69 Å². The lowest BCUT2D eigenvalue weighted by molar-refractivity contribution is -0.123.